The minimum absolute atomic E-state index is 0.127. The molecule has 0 bridgehead atoms. The lowest BCUT2D eigenvalue weighted by Gasteiger charge is -1.97. The van der Waals surface area contributed by atoms with Crippen molar-refractivity contribution in [1.29, 1.82) is 0 Å². The SMILES string of the molecule is NC(=S)Nn1cnnn1. The van der Waals surface area contributed by atoms with E-state index in [4.69, 9.17) is 5.73 Å². The van der Waals surface area contributed by atoms with Gasteiger partial charge in [0.25, 0.3) is 0 Å². The topological polar surface area (TPSA) is 81.6 Å². The van der Waals surface area contributed by atoms with E-state index in [1.165, 1.54) is 11.1 Å². The zero-order valence-electron chi connectivity index (χ0n) is 4.35. The van der Waals surface area contributed by atoms with Gasteiger partial charge in [0.1, 0.15) is 0 Å². The summed E-state index contributed by atoms with van der Waals surface area (Å²) in [6, 6.07) is 0. The Morgan fingerprint density at radius 3 is 3.00 bits per heavy atom. The molecule has 48 valence electrons. The molecule has 0 atom stereocenters. The van der Waals surface area contributed by atoms with Crippen LogP contribution < -0.4 is 11.2 Å². The number of hydrogen-bond acceptors (Lipinski definition) is 4. The van der Waals surface area contributed by atoms with Gasteiger partial charge in [0.05, 0.1) is 0 Å². The van der Waals surface area contributed by atoms with Gasteiger partial charge in [-0.25, -0.2) is 0 Å². The van der Waals surface area contributed by atoms with E-state index < -0.39 is 0 Å². The van der Waals surface area contributed by atoms with Crippen LogP contribution in [0.5, 0.6) is 0 Å². The number of nitrogens with zero attached hydrogens (tertiary/aromatic N) is 4. The Morgan fingerprint density at radius 1 is 1.78 bits per heavy atom. The second kappa shape index (κ2) is 2.35. The van der Waals surface area contributed by atoms with E-state index >= 15 is 0 Å². The molecule has 0 saturated carbocycles. The number of aromatic nitrogens is 4. The van der Waals surface area contributed by atoms with Gasteiger partial charge in [-0.3, -0.25) is 5.43 Å². The summed E-state index contributed by atoms with van der Waals surface area (Å²) in [4.78, 5) is 1.21. The second-order valence-corrected chi connectivity index (χ2v) is 1.67. The first kappa shape index (κ1) is 5.89. The largest absolute Gasteiger partial charge is 0.375 e. The molecule has 0 unspecified atom stereocenters. The highest BCUT2D eigenvalue weighted by Gasteiger charge is 1.88. The quantitative estimate of drug-likeness (QED) is 0.465. The molecule has 1 aromatic rings. The molecular formula is C2H4N6S. The molecule has 0 spiro atoms. The Hall–Kier alpha value is -1.24. The minimum atomic E-state index is 0.127. The molecule has 0 aromatic carbocycles. The van der Waals surface area contributed by atoms with Gasteiger partial charge in [-0.05, 0) is 22.6 Å². The molecule has 1 aromatic heterocycles. The highest BCUT2D eigenvalue weighted by Crippen LogP contribution is 1.66. The fourth-order valence-corrected chi connectivity index (χ4v) is 0.419. The fraction of sp³-hybridized carbons (Fsp3) is 0. The van der Waals surface area contributed by atoms with Crippen molar-refractivity contribution in [3.05, 3.63) is 6.33 Å². The molecule has 1 heterocycles. The first-order valence-corrected chi connectivity index (χ1v) is 2.49. The van der Waals surface area contributed by atoms with E-state index in [1.807, 2.05) is 0 Å². The summed E-state index contributed by atoms with van der Waals surface area (Å²) < 4.78 is 0. The maximum absolute atomic E-state index is 5.09. The molecule has 0 radical (unpaired) electrons. The van der Waals surface area contributed by atoms with Gasteiger partial charge in [-0.2, -0.15) is 0 Å². The van der Waals surface area contributed by atoms with E-state index in [2.05, 4.69) is 33.2 Å². The van der Waals surface area contributed by atoms with E-state index in [0.29, 0.717) is 0 Å². The van der Waals surface area contributed by atoms with E-state index in [-0.39, 0.29) is 5.11 Å². The van der Waals surface area contributed by atoms with Crippen molar-refractivity contribution in [2.45, 2.75) is 0 Å². The zero-order chi connectivity index (χ0) is 6.69. The predicted octanol–water partition coefficient (Wildman–Crippen LogP) is -1.54. The summed E-state index contributed by atoms with van der Waals surface area (Å²) in [6.45, 7) is 0. The van der Waals surface area contributed by atoms with Crippen molar-refractivity contribution in [3.8, 4) is 0 Å². The van der Waals surface area contributed by atoms with Crippen LogP contribution in [-0.4, -0.2) is 25.4 Å². The first-order valence-electron chi connectivity index (χ1n) is 2.08. The Bertz CT molecular complexity index is 191. The van der Waals surface area contributed by atoms with Crippen LogP contribution in [0, 0.1) is 0 Å². The predicted molar refractivity (Wildman–Crippen MR) is 34.0 cm³/mol. The van der Waals surface area contributed by atoms with Crippen molar-refractivity contribution in [1.82, 2.24) is 20.3 Å². The van der Waals surface area contributed by atoms with Gasteiger partial charge >= 0.3 is 0 Å². The number of tetrazole rings is 1. The lowest BCUT2D eigenvalue weighted by Crippen LogP contribution is -2.28. The van der Waals surface area contributed by atoms with Crippen LogP contribution in [0.2, 0.25) is 0 Å². The molecule has 0 amide bonds. The second-order valence-electron chi connectivity index (χ2n) is 1.23. The van der Waals surface area contributed by atoms with Crippen LogP contribution in [-0.2, 0) is 0 Å². The first-order chi connectivity index (χ1) is 4.29. The highest BCUT2D eigenvalue weighted by atomic mass is 32.1. The summed E-state index contributed by atoms with van der Waals surface area (Å²) in [5.74, 6) is 0. The fourth-order valence-electron chi connectivity index (χ4n) is 0.325. The molecule has 9 heavy (non-hydrogen) atoms. The standard InChI is InChI=1S/C2H4N6S/c3-2(9)5-8-1-4-6-7-8/h1H,(H3,3,5,9). The highest BCUT2D eigenvalue weighted by molar-refractivity contribution is 7.80. The van der Waals surface area contributed by atoms with Crippen LogP contribution >= 0.6 is 12.2 Å². The molecule has 0 fully saturated rings. The van der Waals surface area contributed by atoms with Crippen LogP contribution in [0.25, 0.3) is 0 Å². The van der Waals surface area contributed by atoms with Crippen LogP contribution in [0.3, 0.4) is 0 Å². The Labute approximate surface area is 56.0 Å². The van der Waals surface area contributed by atoms with Crippen molar-refractivity contribution >= 4 is 17.3 Å². The third-order valence-electron chi connectivity index (χ3n) is 0.574. The third kappa shape index (κ3) is 1.61. The monoisotopic (exact) mass is 144 g/mol. The molecule has 0 aliphatic heterocycles. The normalized spacial score (nSPS) is 8.89. The number of rotatable bonds is 1. The number of hydrogen-bond donors (Lipinski definition) is 2. The summed E-state index contributed by atoms with van der Waals surface area (Å²) in [5, 5.41) is 10.2. The number of thiocarbonyl (C=S) groups is 1. The molecular weight excluding hydrogens is 140 g/mol. The Kier molecular flexibility index (Phi) is 1.54. The Morgan fingerprint density at radius 2 is 2.56 bits per heavy atom. The van der Waals surface area contributed by atoms with Crippen LogP contribution in [0.1, 0.15) is 0 Å². The Balaban J connectivity index is 2.58. The van der Waals surface area contributed by atoms with Gasteiger partial charge < -0.3 is 5.73 Å². The molecule has 0 aliphatic carbocycles. The lowest BCUT2D eigenvalue weighted by atomic mass is 11.2. The van der Waals surface area contributed by atoms with Crippen LogP contribution in [0.15, 0.2) is 6.33 Å². The van der Waals surface area contributed by atoms with Crippen molar-refractivity contribution < 1.29 is 0 Å². The molecule has 7 heteroatoms. The minimum Gasteiger partial charge on any atom is -0.375 e. The molecule has 0 aliphatic rings. The average Bonchev–Trinajstić information content (AvgIpc) is 2.15. The van der Waals surface area contributed by atoms with Crippen LogP contribution in [0.4, 0.5) is 0 Å². The summed E-state index contributed by atoms with van der Waals surface area (Å²) in [6.07, 6.45) is 1.35. The van der Waals surface area contributed by atoms with Gasteiger partial charge in [-0.15, -0.1) is 9.89 Å². The maximum Gasteiger partial charge on any atom is 0.184 e. The summed E-state index contributed by atoms with van der Waals surface area (Å²) in [5.41, 5.74) is 7.56. The van der Waals surface area contributed by atoms with E-state index in [9.17, 15) is 0 Å². The van der Waals surface area contributed by atoms with Gasteiger partial charge in [0.2, 0.25) is 0 Å². The van der Waals surface area contributed by atoms with Crippen molar-refractivity contribution in [2.75, 3.05) is 5.43 Å². The zero-order valence-corrected chi connectivity index (χ0v) is 5.17. The van der Waals surface area contributed by atoms with Crippen molar-refractivity contribution in [3.63, 3.8) is 0 Å². The average molecular weight is 144 g/mol. The molecule has 1 rings (SSSR count). The van der Waals surface area contributed by atoms with E-state index in [1.54, 1.807) is 0 Å². The van der Waals surface area contributed by atoms with Gasteiger partial charge in [-0.1, -0.05) is 0 Å². The number of nitrogens with one attached hydrogen (secondary N) is 1. The van der Waals surface area contributed by atoms with E-state index in [0.717, 1.165) is 0 Å². The summed E-state index contributed by atoms with van der Waals surface area (Å²) in [7, 11) is 0. The third-order valence-corrected chi connectivity index (χ3v) is 0.665. The molecule has 0 saturated heterocycles. The maximum atomic E-state index is 5.09. The molecule has 3 N–H and O–H groups in total. The summed E-state index contributed by atoms with van der Waals surface area (Å²) >= 11 is 4.49. The molecule has 6 nitrogen and oxygen atoms in total. The van der Waals surface area contributed by atoms with Gasteiger partial charge in [0.15, 0.2) is 11.4 Å². The smallest absolute Gasteiger partial charge is 0.184 e. The number of nitrogens with two attached hydrogens (primary N) is 1. The van der Waals surface area contributed by atoms with Gasteiger partial charge in [0, 0.05) is 0 Å². The van der Waals surface area contributed by atoms with Crippen molar-refractivity contribution in [2.24, 2.45) is 5.73 Å². The lowest BCUT2D eigenvalue weighted by molar-refractivity contribution is 0.746.